The van der Waals surface area contributed by atoms with E-state index >= 15 is 0 Å². The SMILES string of the molecule is CCCCCCCCOc1ccc(C(=O)O)c(-c2ccc(-c3cc(OCCCCCCCC)ccc3C(=O)O)cc2)c1. The summed E-state index contributed by atoms with van der Waals surface area (Å²) in [6, 6.07) is 17.4. The van der Waals surface area contributed by atoms with Gasteiger partial charge in [0.05, 0.1) is 24.3 Å². The standard InChI is InChI=1S/C36H46O6/c1-3-5-7-9-11-13-23-41-29-19-21-31(35(37)38)33(25-29)27-15-17-28(18-16-27)34-26-30(20-22-32(34)36(39)40)42-24-14-12-10-8-6-4-2/h15-22,25-26H,3-14,23-24H2,1-2H3,(H,37,38)(H,39,40). The van der Waals surface area contributed by atoms with Gasteiger partial charge in [-0.15, -0.1) is 0 Å². The van der Waals surface area contributed by atoms with E-state index in [1.807, 2.05) is 24.3 Å². The lowest BCUT2D eigenvalue weighted by molar-refractivity contribution is 0.0686. The molecule has 0 saturated heterocycles. The lowest BCUT2D eigenvalue weighted by Crippen LogP contribution is -2.03. The summed E-state index contributed by atoms with van der Waals surface area (Å²) in [6.45, 7) is 5.58. The minimum Gasteiger partial charge on any atom is -0.494 e. The number of rotatable bonds is 20. The summed E-state index contributed by atoms with van der Waals surface area (Å²) in [5.74, 6) is -0.758. The topological polar surface area (TPSA) is 93.1 Å². The lowest BCUT2D eigenvalue weighted by Gasteiger charge is -2.13. The van der Waals surface area contributed by atoms with Crippen LogP contribution in [0.3, 0.4) is 0 Å². The molecule has 0 fully saturated rings. The highest BCUT2D eigenvalue weighted by Gasteiger charge is 2.16. The van der Waals surface area contributed by atoms with Gasteiger partial charge in [0.25, 0.3) is 0 Å². The molecule has 0 saturated carbocycles. The Labute approximate surface area is 250 Å². The molecule has 2 N–H and O–H groups in total. The fraction of sp³-hybridized carbons (Fsp3) is 0.444. The fourth-order valence-electron chi connectivity index (χ4n) is 5.05. The monoisotopic (exact) mass is 574 g/mol. The van der Waals surface area contributed by atoms with E-state index in [0.717, 1.165) is 25.7 Å². The summed E-state index contributed by atoms with van der Waals surface area (Å²) in [7, 11) is 0. The van der Waals surface area contributed by atoms with Crippen molar-refractivity contribution >= 4 is 11.9 Å². The van der Waals surface area contributed by atoms with E-state index in [2.05, 4.69) is 13.8 Å². The Balaban J connectivity index is 1.73. The summed E-state index contributed by atoms with van der Waals surface area (Å²) < 4.78 is 11.9. The van der Waals surface area contributed by atoms with Crippen LogP contribution in [0.5, 0.6) is 11.5 Å². The largest absolute Gasteiger partial charge is 0.494 e. The van der Waals surface area contributed by atoms with Crippen LogP contribution in [0.2, 0.25) is 0 Å². The molecule has 0 aliphatic carbocycles. The van der Waals surface area contributed by atoms with Gasteiger partial charge in [0, 0.05) is 0 Å². The Morgan fingerprint density at radius 2 is 0.881 bits per heavy atom. The van der Waals surface area contributed by atoms with Crippen molar-refractivity contribution in [3.8, 4) is 33.8 Å². The molecule has 0 aromatic heterocycles. The first-order chi connectivity index (χ1) is 20.4. The number of carbonyl (C=O) groups is 2. The molecule has 0 heterocycles. The quantitative estimate of drug-likeness (QED) is 0.130. The van der Waals surface area contributed by atoms with Crippen LogP contribution in [0.4, 0.5) is 0 Å². The number of unbranched alkanes of at least 4 members (excludes halogenated alkanes) is 10. The van der Waals surface area contributed by atoms with Crippen molar-refractivity contribution in [2.75, 3.05) is 13.2 Å². The van der Waals surface area contributed by atoms with Crippen molar-refractivity contribution < 1.29 is 29.3 Å². The van der Waals surface area contributed by atoms with Crippen molar-refractivity contribution in [2.24, 2.45) is 0 Å². The minimum atomic E-state index is -1.01. The Morgan fingerprint density at radius 3 is 1.24 bits per heavy atom. The zero-order valence-electron chi connectivity index (χ0n) is 25.2. The Morgan fingerprint density at radius 1 is 0.524 bits per heavy atom. The first-order valence-electron chi connectivity index (χ1n) is 15.6. The number of ether oxygens (including phenoxy) is 2. The van der Waals surface area contributed by atoms with Crippen LogP contribution < -0.4 is 9.47 Å². The second kappa shape index (κ2) is 17.9. The lowest BCUT2D eigenvalue weighted by atomic mass is 9.94. The maximum atomic E-state index is 12.0. The van der Waals surface area contributed by atoms with Gasteiger partial charge >= 0.3 is 11.9 Å². The van der Waals surface area contributed by atoms with Gasteiger partial charge in [-0.1, -0.05) is 102 Å². The van der Waals surface area contributed by atoms with Crippen molar-refractivity contribution in [1.82, 2.24) is 0 Å². The number of aromatic carboxylic acids is 2. The molecule has 42 heavy (non-hydrogen) atoms. The van der Waals surface area contributed by atoms with Gasteiger partial charge in [0.15, 0.2) is 0 Å². The first-order valence-corrected chi connectivity index (χ1v) is 15.6. The third-order valence-corrected chi connectivity index (χ3v) is 7.48. The van der Waals surface area contributed by atoms with Gasteiger partial charge in [0.1, 0.15) is 11.5 Å². The average Bonchev–Trinajstić information content (AvgIpc) is 3.00. The molecule has 3 rings (SSSR count). The number of carboxylic acids is 2. The zero-order valence-corrected chi connectivity index (χ0v) is 25.2. The second-order valence-corrected chi connectivity index (χ2v) is 10.8. The second-order valence-electron chi connectivity index (χ2n) is 10.8. The minimum absolute atomic E-state index is 0.186. The highest BCUT2D eigenvalue weighted by Crippen LogP contribution is 2.33. The number of hydrogen-bond acceptors (Lipinski definition) is 4. The summed E-state index contributed by atoms with van der Waals surface area (Å²) in [4.78, 5) is 24.0. The average molecular weight is 575 g/mol. The smallest absolute Gasteiger partial charge is 0.336 e. The van der Waals surface area contributed by atoms with Gasteiger partial charge in [-0.2, -0.15) is 0 Å². The normalized spacial score (nSPS) is 10.9. The van der Waals surface area contributed by atoms with Crippen LogP contribution in [0.25, 0.3) is 22.3 Å². The zero-order chi connectivity index (χ0) is 30.2. The molecular weight excluding hydrogens is 528 g/mol. The molecule has 6 nitrogen and oxygen atoms in total. The molecule has 6 heteroatoms. The van der Waals surface area contributed by atoms with Gasteiger partial charge in [-0.25, -0.2) is 9.59 Å². The fourth-order valence-corrected chi connectivity index (χ4v) is 5.05. The van der Waals surface area contributed by atoms with E-state index in [0.29, 0.717) is 47.0 Å². The maximum absolute atomic E-state index is 12.0. The molecule has 0 amide bonds. The number of hydrogen-bond donors (Lipinski definition) is 2. The van der Waals surface area contributed by atoms with E-state index in [9.17, 15) is 19.8 Å². The molecule has 3 aromatic carbocycles. The Hall–Kier alpha value is -3.80. The maximum Gasteiger partial charge on any atom is 0.336 e. The van der Waals surface area contributed by atoms with Crippen molar-refractivity contribution in [3.05, 3.63) is 71.8 Å². The third kappa shape index (κ3) is 10.2. The van der Waals surface area contributed by atoms with Crippen molar-refractivity contribution in [2.45, 2.75) is 90.9 Å². The molecule has 3 aromatic rings. The predicted octanol–water partition coefficient (Wildman–Crippen LogP) is 9.90. The third-order valence-electron chi connectivity index (χ3n) is 7.48. The van der Waals surface area contributed by atoms with Crippen LogP contribution >= 0.6 is 0 Å². The van der Waals surface area contributed by atoms with E-state index in [1.165, 1.54) is 51.4 Å². The van der Waals surface area contributed by atoms with E-state index < -0.39 is 11.9 Å². The molecule has 0 atom stereocenters. The van der Waals surface area contributed by atoms with Crippen LogP contribution in [0.1, 0.15) is 112 Å². The van der Waals surface area contributed by atoms with E-state index in [-0.39, 0.29) is 11.1 Å². The van der Waals surface area contributed by atoms with Gasteiger partial charge < -0.3 is 19.7 Å². The van der Waals surface area contributed by atoms with Crippen molar-refractivity contribution in [1.29, 1.82) is 0 Å². The van der Waals surface area contributed by atoms with E-state index in [4.69, 9.17) is 9.47 Å². The van der Waals surface area contributed by atoms with Crippen molar-refractivity contribution in [3.63, 3.8) is 0 Å². The Kier molecular flexibility index (Phi) is 13.9. The Bertz CT molecular complexity index is 1170. The highest BCUT2D eigenvalue weighted by atomic mass is 16.5. The highest BCUT2D eigenvalue weighted by molar-refractivity contribution is 5.98. The summed E-state index contributed by atoms with van der Waals surface area (Å²) in [5, 5.41) is 19.6. The molecule has 0 bridgehead atoms. The van der Waals surface area contributed by atoms with Gasteiger partial charge in [-0.05, 0) is 71.5 Å². The van der Waals surface area contributed by atoms with Gasteiger partial charge in [0.2, 0.25) is 0 Å². The van der Waals surface area contributed by atoms with E-state index in [1.54, 1.807) is 36.4 Å². The molecule has 0 radical (unpaired) electrons. The summed E-state index contributed by atoms with van der Waals surface area (Å²) in [6.07, 6.45) is 14.0. The van der Waals surface area contributed by atoms with Crippen LogP contribution in [-0.4, -0.2) is 35.4 Å². The molecule has 0 aliphatic heterocycles. The van der Waals surface area contributed by atoms with Gasteiger partial charge in [-0.3, -0.25) is 0 Å². The predicted molar refractivity (Wildman–Crippen MR) is 169 cm³/mol. The molecule has 0 aliphatic rings. The van der Waals surface area contributed by atoms with Crippen LogP contribution in [0, 0.1) is 0 Å². The van der Waals surface area contributed by atoms with Crippen LogP contribution in [0.15, 0.2) is 60.7 Å². The molecule has 0 spiro atoms. The summed E-state index contributed by atoms with van der Waals surface area (Å²) >= 11 is 0. The number of carboxylic acid groups (broad SMARTS) is 2. The molecular formula is C36H46O6. The first kappa shape index (κ1) is 32.7. The molecule has 226 valence electrons. The number of benzene rings is 3. The molecule has 0 unspecified atom stereocenters. The van der Waals surface area contributed by atoms with Crippen LogP contribution in [-0.2, 0) is 0 Å². The summed E-state index contributed by atoms with van der Waals surface area (Å²) in [5.41, 5.74) is 2.92.